The summed E-state index contributed by atoms with van der Waals surface area (Å²) in [6.07, 6.45) is 10.8. The Labute approximate surface area is 169 Å². The molecular weight excluding hydrogens is 380 g/mol. The number of hydrogen-bond acceptors (Lipinski definition) is 7. The average Bonchev–Trinajstić information content (AvgIpc) is 3.02. The molecule has 2 aromatic rings. The van der Waals surface area contributed by atoms with E-state index in [1.807, 2.05) is 36.7 Å². The minimum atomic E-state index is -0.0595. The molecule has 1 fully saturated rings. The molecule has 0 atom stereocenters. The van der Waals surface area contributed by atoms with Gasteiger partial charge in [0, 0.05) is 31.7 Å². The van der Waals surface area contributed by atoms with Crippen molar-refractivity contribution in [3.8, 4) is 0 Å². The second-order valence-electron chi connectivity index (χ2n) is 6.02. The molecule has 2 aliphatic heterocycles. The number of amides is 1. The van der Waals surface area contributed by atoms with E-state index in [1.165, 1.54) is 19.5 Å². The van der Waals surface area contributed by atoms with Gasteiger partial charge in [0.2, 0.25) is 0 Å². The number of H-pyrrole nitrogens is 1. The molecule has 0 unspecified atom stereocenters. The van der Waals surface area contributed by atoms with Crippen LogP contribution in [0.25, 0.3) is 11.0 Å². The standard InChI is InChI=1S/C13H15N5OS.C3H7N.C2H6S/c1-8-5-15-11-10(8)12(17-7-16-11)18-3-4-20-9(6-18)13(19)14-2;1-2-4-3-1;1-3-2/h5-7H,3-4H2,1-2H3,(H,14,19)(H,15,16,17);4H,1-3H2;1-2H3. The molecule has 0 bridgehead atoms. The zero-order valence-corrected chi connectivity index (χ0v) is 18.0. The van der Waals surface area contributed by atoms with Crippen molar-refractivity contribution in [1.29, 1.82) is 0 Å². The molecule has 2 aliphatic rings. The number of aromatic amines is 1. The summed E-state index contributed by atoms with van der Waals surface area (Å²) in [5, 5.41) is 6.77. The summed E-state index contributed by atoms with van der Waals surface area (Å²) >= 11 is 3.31. The Morgan fingerprint density at radius 2 is 2.00 bits per heavy atom. The lowest BCUT2D eigenvalue weighted by molar-refractivity contribution is -0.116. The summed E-state index contributed by atoms with van der Waals surface area (Å²) in [5.41, 5.74) is 1.92. The number of rotatable bonds is 2. The third-order valence-electron chi connectivity index (χ3n) is 3.94. The Morgan fingerprint density at radius 1 is 1.33 bits per heavy atom. The number of aromatic nitrogens is 3. The Bertz CT molecular complexity index is 768. The van der Waals surface area contributed by atoms with E-state index < -0.39 is 0 Å². The van der Waals surface area contributed by atoms with Crippen molar-refractivity contribution < 1.29 is 4.79 Å². The van der Waals surface area contributed by atoms with Crippen LogP contribution in [0.4, 0.5) is 5.82 Å². The highest BCUT2D eigenvalue weighted by Crippen LogP contribution is 2.30. The topological polar surface area (TPSA) is 85.9 Å². The van der Waals surface area contributed by atoms with E-state index >= 15 is 0 Å². The monoisotopic (exact) mass is 408 g/mol. The van der Waals surface area contributed by atoms with Gasteiger partial charge < -0.3 is 20.5 Å². The van der Waals surface area contributed by atoms with Crippen LogP contribution in [0.15, 0.2) is 23.6 Å². The number of nitrogens with zero attached hydrogens (tertiary/aromatic N) is 3. The lowest BCUT2D eigenvalue weighted by atomic mass is 10.2. The van der Waals surface area contributed by atoms with Crippen LogP contribution in [0, 0.1) is 6.92 Å². The number of thioether (sulfide) groups is 2. The fourth-order valence-electron chi connectivity index (χ4n) is 2.40. The Balaban J connectivity index is 0.000000317. The van der Waals surface area contributed by atoms with Gasteiger partial charge in [-0.15, -0.1) is 11.8 Å². The van der Waals surface area contributed by atoms with Gasteiger partial charge >= 0.3 is 0 Å². The SMILES string of the molecule is C1CNC1.CNC(=O)C1=CN(c2ncnc3[nH]cc(C)c23)CCS1.CSC. The van der Waals surface area contributed by atoms with Gasteiger partial charge in [0.15, 0.2) is 0 Å². The molecule has 0 spiro atoms. The predicted octanol–water partition coefficient (Wildman–Crippen LogP) is 2.37. The maximum Gasteiger partial charge on any atom is 0.258 e. The van der Waals surface area contributed by atoms with Gasteiger partial charge in [0.25, 0.3) is 5.91 Å². The number of carbonyl (C=O) groups is 1. The number of nitrogens with one attached hydrogen (secondary N) is 3. The number of likely N-dealkylation sites (N-methyl/N-ethyl adjacent to an activating group) is 1. The molecule has 3 N–H and O–H groups in total. The van der Waals surface area contributed by atoms with E-state index in [2.05, 4.69) is 25.6 Å². The van der Waals surface area contributed by atoms with Crippen LogP contribution in [0.3, 0.4) is 0 Å². The number of aryl methyl sites for hydroxylation is 1. The van der Waals surface area contributed by atoms with Crippen LogP contribution < -0.4 is 15.5 Å². The average molecular weight is 409 g/mol. The highest BCUT2D eigenvalue weighted by atomic mass is 32.2. The third-order valence-corrected chi connectivity index (χ3v) is 4.93. The van der Waals surface area contributed by atoms with Crippen molar-refractivity contribution in [3.05, 3.63) is 29.2 Å². The second kappa shape index (κ2) is 11.2. The lowest BCUT2D eigenvalue weighted by Gasteiger charge is -2.25. The minimum Gasteiger partial charge on any atom is -0.355 e. The van der Waals surface area contributed by atoms with Gasteiger partial charge in [-0.25, -0.2) is 9.97 Å². The summed E-state index contributed by atoms with van der Waals surface area (Å²) in [6, 6.07) is 0. The van der Waals surface area contributed by atoms with Crippen molar-refractivity contribution in [2.24, 2.45) is 0 Å². The maximum atomic E-state index is 11.8. The summed E-state index contributed by atoms with van der Waals surface area (Å²) < 4.78 is 0. The van der Waals surface area contributed by atoms with Gasteiger partial charge in [-0.05, 0) is 44.5 Å². The van der Waals surface area contributed by atoms with E-state index in [-0.39, 0.29) is 5.91 Å². The largest absolute Gasteiger partial charge is 0.355 e. The molecule has 0 aromatic carbocycles. The van der Waals surface area contributed by atoms with Gasteiger partial charge in [-0.1, -0.05) is 0 Å². The molecule has 7 nitrogen and oxygen atoms in total. The van der Waals surface area contributed by atoms with Crippen LogP contribution in [0.5, 0.6) is 0 Å². The molecule has 2 aromatic heterocycles. The summed E-state index contributed by atoms with van der Waals surface area (Å²) in [5.74, 6) is 1.64. The maximum absolute atomic E-state index is 11.8. The molecule has 0 saturated carbocycles. The molecule has 4 heterocycles. The number of hydrogen-bond donors (Lipinski definition) is 3. The van der Waals surface area contributed by atoms with Crippen LogP contribution in [-0.2, 0) is 4.79 Å². The number of anilines is 1. The molecule has 9 heteroatoms. The van der Waals surface area contributed by atoms with Crippen LogP contribution in [0.2, 0.25) is 0 Å². The van der Waals surface area contributed by atoms with Crippen molar-refractivity contribution >= 4 is 46.3 Å². The van der Waals surface area contributed by atoms with E-state index in [0.29, 0.717) is 4.91 Å². The van der Waals surface area contributed by atoms with Gasteiger partial charge in [-0.3, -0.25) is 4.79 Å². The van der Waals surface area contributed by atoms with Gasteiger partial charge in [0.1, 0.15) is 17.8 Å². The van der Waals surface area contributed by atoms with Crippen molar-refractivity contribution in [3.63, 3.8) is 0 Å². The molecule has 0 radical (unpaired) electrons. The zero-order chi connectivity index (χ0) is 19.6. The van der Waals surface area contributed by atoms with E-state index in [1.54, 1.807) is 36.9 Å². The fourth-order valence-corrected chi connectivity index (χ4v) is 3.35. The van der Waals surface area contributed by atoms with Gasteiger partial charge in [-0.2, -0.15) is 11.8 Å². The smallest absolute Gasteiger partial charge is 0.258 e. The van der Waals surface area contributed by atoms with Crippen molar-refractivity contribution in [2.75, 3.05) is 49.8 Å². The van der Waals surface area contributed by atoms with E-state index in [0.717, 1.165) is 34.7 Å². The van der Waals surface area contributed by atoms with E-state index in [9.17, 15) is 4.79 Å². The molecule has 148 valence electrons. The van der Waals surface area contributed by atoms with Crippen molar-refractivity contribution in [1.82, 2.24) is 25.6 Å². The Hall–Kier alpha value is -1.71. The van der Waals surface area contributed by atoms with Gasteiger partial charge in [0.05, 0.1) is 10.3 Å². The number of fused-ring (bicyclic) bond motifs is 1. The summed E-state index contributed by atoms with van der Waals surface area (Å²) in [7, 11) is 1.64. The minimum absolute atomic E-state index is 0.0595. The normalized spacial score (nSPS) is 15.6. The lowest BCUT2D eigenvalue weighted by Crippen LogP contribution is -2.29. The predicted molar refractivity (Wildman–Crippen MR) is 118 cm³/mol. The van der Waals surface area contributed by atoms with Crippen LogP contribution in [-0.4, -0.2) is 65.8 Å². The summed E-state index contributed by atoms with van der Waals surface area (Å²) in [6.45, 7) is 5.34. The first-order chi connectivity index (χ1) is 13.1. The molecule has 4 rings (SSSR count). The van der Waals surface area contributed by atoms with Crippen LogP contribution in [0.1, 0.15) is 12.0 Å². The number of carbonyl (C=O) groups excluding carboxylic acids is 1. The Kier molecular flexibility index (Phi) is 8.96. The molecular formula is C18H28N6OS2. The first-order valence-electron chi connectivity index (χ1n) is 8.85. The molecule has 0 aliphatic carbocycles. The summed E-state index contributed by atoms with van der Waals surface area (Å²) in [4.78, 5) is 26.2. The first kappa shape index (κ1) is 21.6. The second-order valence-corrected chi connectivity index (χ2v) is 7.97. The van der Waals surface area contributed by atoms with E-state index in [4.69, 9.17) is 0 Å². The molecule has 1 saturated heterocycles. The third kappa shape index (κ3) is 5.88. The highest BCUT2D eigenvalue weighted by Gasteiger charge is 2.20. The molecule has 1 amide bonds. The quantitative estimate of drug-likeness (QED) is 0.703. The van der Waals surface area contributed by atoms with Crippen molar-refractivity contribution in [2.45, 2.75) is 13.3 Å². The Morgan fingerprint density at radius 3 is 2.59 bits per heavy atom. The fraction of sp³-hybridized carbons (Fsp3) is 0.500. The van der Waals surface area contributed by atoms with Crippen LogP contribution >= 0.6 is 23.5 Å². The first-order valence-corrected chi connectivity index (χ1v) is 11.5. The molecule has 27 heavy (non-hydrogen) atoms. The highest BCUT2D eigenvalue weighted by molar-refractivity contribution is 8.04. The zero-order valence-electron chi connectivity index (χ0n) is 16.3.